The number of carbonyl (C=O) groups excluding carboxylic acids is 1. The Hall–Kier alpha value is -3.61. The number of rotatable bonds is 6. The van der Waals surface area contributed by atoms with Gasteiger partial charge >= 0.3 is 0 Å². The Kier molecular flexibility index (Phi) is 5.62. The largest absolute Gasteiger partial charge is 0.334 e. The molecular weight excluding hydrogens is 400 g/mol. The molecule has 1 aliphatic heterocycles. The molecule has 0 spiro atoms. The first-order chi connectivity index (χ1) is 15.7. The van der Waals surface area contributed by atoms with Crippen LogP contribution in [0.2, 0.25) is 0 Å². The van der Waals surface area contributed by atoms with Gasteiger partial charge in [-0.05, 0) is 56.5 Å². The lowest BCUT2D eigenvalue weighted by Crippen LogP contribution is -2.31. The van der Waals surface area contributed by atoms with Gasteiger partial charge in [-0.1, -0.05) is 18.2 Å². The number of carbonyl (C=O) groups is 1. The van der Waals surface area contributed by atoms with Crippen LogP contribution < -0.4 is 0 Å². The van der Waals surface area contributed by atoms with Crippen LogP contribution in [0.15, 0.2) is 60.9 Å². The fourth-order valence-corrected chi connectivity index (χ4v) is 4.56. The van der Waals surface area contributed by atoms with Gasteiger partial charge in [0.05, 0.1) is 22.8 Å². The zero-order valence-electron chi connectivity index (χ0n) is 18.2. The number of pyridine rings is 1. The fraction of sp³-hybridized carbons (Fsp3) is 0.320. The van der Waals surface area contributed by atoms with E-state index >= 15 is 0 Å². The number of aryl methyl sites for hydroxylation is 2. The Labute approximate surface area is 187 Å². The summed E-state index contributed by atoms with van der Waals surface area (Å²) in [7, 11) is 0. The number of aromatic nitrogens is 5. The normalized spacial score (nSPS) is 16.0. The van der Waals surface area contributed by atoms with Crippen molar-refractivity contribution in [2.75, 3.05) is 6.54 Å². The Morgan fingerprint density at radius 2 is 1.91 bits per heavy atom. The van der Waals surface area contributed by atoms with E-state index in [1.54, 1.807) is 12.4 Å². The van der Waals surface area contributed by atoms with Crippen molar-refractivity contribution in [3.8, 4) is 11.5 Å². The van der Waals surface area contributed by atoms with Gasteiger partial charge in [0.15, 0.2) is 5.82 Å². The molecule has 4 heterocycles. The van der Waals surface area contributed by atoms with Gasteiger partial charge in [-0.15, -0.1) is 0 Å². The first kappa shape index (κ1) is 20.3. The smallest absolute Gasteiger partial charge is 0.223 e. The number of fused-ring (bicyclic) bond motifs is 1. The van der Waals surface area contributed by atoms with E-state index in [0.29, 0.717) is 12.2 Å². The van der Waals surface area contributed by atoms with Crippen LogP contribution in [-0.4, -0.2) is 41.9 Å². The molecule has 7 nitrogen and oxygen atoms in total. The van der Waals surface area contributed by atoms with E-state index in [2.05, 4.69) is 25.6 Å². The van der Waals surface area contributed by atoms with Crippen LogP contribution in [-0.2, 0) is 11.3 Å². The highest BCUT2D eigenvalue weighted by Gasteiger charge is 2.30. The lowest BCUT2D eigenvalue weighted by Gasteiger charge is -2.24. The summed E-state index contributed by atoms with van der Waals surface area (Å²) < 4.78 is 2.20. The predicted molar refractivity (Wildman–Crippen MR) is 123 cm³/mol. The molecule has 0 radical (unpaired) electrons. The molecule has 1 unspecified atom stereocenters. The molecule has 3 aromatic heterocycles. The molecule has 1 aliphatic rings. The Morgan fingerprint density at radius 1 is 1.03 bits per heavy atom. The van der Waals surface area contributed by atoms with Crippen molar-refractivity contribution in [2.24, 2.45) is 0 Å². The molecule has 1 saturated heterocycles. The van der Waals surface area contributed by atoms with E-state index in [-0.39, 0.29) is 11.9 Å². The van der Waals surface area contributed by atoms with Crippen molar-refractivity contribution in [3.63, 3.8) is 0 Å². The number of amides is 1. The second kappa shape index (κ2) is 8.86. The molecule has 0 N–H and O–H groups in total. The number of para-hydroxylation sites is 2. The number of hydrogen-bond acceptors (Lipinski definition) is 5. The summed E-state index contributed by atoms with van der Waals surface area (Å²) in [5.74, 6) is 1.78. The molecule has 1 amide bonds. The van der Waals surface area contributed by atoms with Gasteiger partial charge in [-0.3, -0.25) is 9.78 Å². The lowest BCUT2D eigenvalue weighted by molar-refractivity contribution is -0.132. The molecular formula is C25H26N6O. The number of hydrogen-bond donors (Lipinski definition) is 0. The van der Waals surface area contributed by atoms with Crippen molar-refractivity contribution in [1.29, 1.82) is 0 Å². The zero-order valence-corrected chi connectivity index (χ0v) is 18.2. The summed E-state index contributed by atoms with van der Waals surface area (Å²) in [6, 6.07) is 15.8. The van der Waals surface area contributed by atoms with E-state index in [0.717, 1.165) is 60.6 Å². The van der Waals surface area contributed by atoms with E-state index in [9.17, 15) is 4.79 Å². The highest BCUT2D eigenvalue weighted by atomic mass is 16.2. The maximum absolute atomic E-state index is 13.1. The Balaban J connectivity index is 1.26. The second-order valence-electron chi connectivity index (χ2n) is 8.17. The van der Waals surface area contributed by atoms with Crippen molar-refractivity contribution in [3.05, 3.63) is 72.4 Å². The maximum atomic E-state index is 13.1. The first-order valence-corrected chi connectivity index (χ1v) is 11.2. The average molecular weight is 427 g/mol. The van der Waals surface area contributed by atoms with Gasteiger partial charge in [0.1, 0.15) is 11.5 Å². The standard InChI is InChI=1S/C25H26N6O/c1-18-28-19-8-2-3-10-22(19)30(18)16-7-12-24(32)31-17-6-11-23(31)20-13-15-27-25(29-20)21-9-4-5-14-26-21/h2-5,8-10,13-15,23H,6-7,11-12,16-17H2,1H3. The molecule has 4 aromatic rings. The van der Waals surface area contributed by atoms with E-state index in [4.69, 9.17) is 4.98 Å². The molecule has 1 aromatic carbocycles. The molecule has 0 saturated carbocycles. The van der Waals surface area contributed by atoms with Gasteiger partial charge < -0.3 is 9.47 Å². The van der Waals surface area contributed by atoms with Gasteiger partial charge in [-0.25, -0.2) is 15.0 Å². The van der Waals surface area contributed by atoms with Crippen LogP contribution in [0.25, 0.3) is 22.6 Å². The molecule has 5 rings (SSSR count). The van der Waals surface area contributed by atoms with Gasteiger partial charge in [-0.2, -0.15) is 0 Å². The van der Waals surface area contributed by atoms with Gasteiger partial charge in [0, 0.05) is 31.9 Å². The summed E-state index contributed by atoms with van der Waals surface area (Å²) in [4.78, 5) is 33.2. The molecule has 1 atom stereocenters. The lowest BCUT2D eigenvalue weighted by atomic mass is 10.1. The predicted octanol–water partition coefficient (Wildman–Crippen LogP) is 4.34. The van der Waals surface area contributed by atoms with Gasteiger partial charge in [0.2, 0.25) is 5.91 Å². The van der Waals surface area contributed by atoms with Gasteiger partial charge in [0.25, 0.3) is 0 Å². The number of imidazole rings is 1. The maximum Gasteiger partial charge on any atom is 0.223 e. The number of nitrogens with zero attached hydrogens (tertiary/aromatic N) is 6. The van der Waals surface area contributed by atoms with Crippen molar-refractivity contribution in [2.45, 2.75) is 45.2 Å². The van der Waals surface area contributed by atoms with E-state index in [1.165, 1.54) is 0 Å². The SMILES string of the molecule is Cc1nc2ccccc2n1CCCC(=O)N1CCCC1c1ccnc(-c2ccccn2)n1. The van der Waals surface area contributed by atoms with Crippen LogP contribution in [0.1, 0.15) is 43.2 Å². The van der Waals surface area contributed by atoms with Crippen molar-refractivity contribution >= 4 is 16.9 Å². The third kappa shape index (κ3) is 3.98. The fourth-order valence-electron chi connectivity index (χ4n) is 4.56. The average Bonchev–Trinajstić information content (AvgIpc) is 3.45. The number of benzene rings is 1. The molecule has 0 aliphatic carbocycles. The van der Waals surface area contributed by atoms with Crippen LogP contribution in [0.5, 0.6) is 0 Å². The van der Waals surface area contributed by atoms with Crippen molar-refractivity contribution < 1.29 is 4.79 Å². The minimum absolute atomic E-state index is 0.00349. The topological polar surface area (TPSA) is 76.8 Å². The molecule has 7 heteroatoms. The third-order valence-corrected chi connectivity index (χ3v) is 6.10. The van der Waals surface area contributed by atoms with Crippen LogP contribution >= 0.6 is 0 Å². The van der Waals surface area contributed by atoms with E-state index in [1.807, 2.05) is 54.3 Å². The monoisotopic (exact) mass is 426 g/mol. The van der Waals surface area contributed by atoms with E-state index < -0.39 is 0 Å². The second-order valence-corrected chi connectivity index (χ2v) is 8.17. The van der Waals surface area contributed by atoms with Crippen LogP contribution in [0.3, 0.4) is 0 Å². The Morgan fingerprint density at radius 3 is 2.78 bits per heavy atom. The third-order valence-electron chi connectivity index (χ3n) is 6.10. The molecule has 0 bridgehead atoms. The minimum Gasteiger partial charge on any atom is -0.334 e. The quantitative estimate of drug-likeness (QED) is 0.458. The summed E-state index contributed by atoms with van der Waals surface area (Å²) in [5.41, 5.74) is 3.76. The van der Waals surface area contributed by atoms with Crippen LogP contribution in [0, 0.1) is 6.92 Å². The summed E-state index contributed by atoms with van der Waals surface area (Å²) >= 11 is 0. The molecule has 162 valence electrons. The summed E-state index contributed by atoms with van der Waals surface area (Å²) in [6.45, 7) is 3.58. The highest BCUT2D eigenvalue weighted by molar-refractivity contribution is 5.77. The number of likely N-dealkylation sites (tertiary alicyclic amines) is 1. The summed E-state index contributed by atoms with van der Waals surface area (Å²) in [5, 5.41) is 0. The molecule has 1 fully saturated rings. The first-order valence-electron chi connectivity index (χ1n) is 11.2. The highest BCUT2D eigenvalue weighted by Crippen LogP contribution is 2.32. The minimum atomic E-state index is 0.00349. The van der Waals surface area contributed by atoms with Crippen LogP contribution in [0.4, 0.5) is 0 Å². The summed E-state index contributed by atoms with van der Waals surface area (Å²) in [6.07, 6.45) is 6.72. The zero-order chi connectivity index (χ0) is 21.9. The Bertz CT molecular complexity index is 1240. The molecule has 32 heavy (non-hydrogen) atoms. The van der Waals surface area contributed by atoms with Crippen molar-refractivity contribution in [1.82, 2.24) is 29.4 Å².